The fourth-order valence-electron chi connectivity index (χ4n) is 2.38. The average Bonchev–Trinajstić information content (AvgIpc) is 2.56. The van der Waals surface area contributed by atoms with E-state index in [-0.39, 0.29) is 5.97 Å². The van der Waals surface area contributed by atoms with Crippen LogP contribution in [0, 0.1) is 13.8 Å². The van der Waals surface area contributed by atoms with E-state index in [1.54, 1.807) is 0 Å². The van der Waals surface area contributed by atoms with Crippen LogP contribution in [-0.4, -0.2) is 26.2 Å². The van der Waals surface area contributed by atoms with Gasteiger partial charge in [0.2, 0.25) is 0 Å². The van der Waals surface area contributed by atoms with Crippen molar-refractivity contribution in [3.8, 4) is 5.75 Å². The number of nitrogens with one attached hydrogen (secondary N) is 1. The summed E-state index contributed by atoms with van der Waals surface area (Å²) in [5, 5.41) is 3.30. The normalized spacial score (nSPS) is 10.3. The summed E-state index contributed by atoms with van der Waals surface area (Å²) in [6, 6.07) is 11.7. The number of hydrogen-bond acceptors (Lipinski definition) is 4. The Labute approximate surface area is 151 Å². The molecule has 0 fully saturated rings. The summed E-state index contributed by atoms with van der Waals surface area (Å²) in [6.07, 6.45) is 0.815. The lowest BCUT2D eigenvalue weighted by Gasteiger charge is -2.14. The fraction of sp³-hybridized carbons (Fsp3) is 0.316. The molecule has 0 heterocycles. The Morgan fingerprint density at radius 3 is 2.67 bits per heavy atom. The van der Waals surface area contributed by atoms with Crippen LogP contribution in [0.1, 0.15) is 27.9 Å². The summed E-state index contributed by atoms with van der Waals surface area (Å²) in [7, 11) is 1.39. The van der Waals surface area contributed by atoms with Gasteiger partial charge < -0.3 is 14.8 Å². The molecule has 5 heteroatoms. The molecule has 1 N–H and O–H groups in total. The number of esters is 1. The lowest BCUT2D eigenvalue weighted by Crippen LogP contribution is -2.12. The van der Waals surface area contributed by atoms with Crippen molar-refractivity contribution in [2.24, 2.45) is 0 Å². The van der Waals surface area contributed by atoms with Crippen LogP contribution in [0.3, 0.4) is 0 Å². The van der Waals surface area contributed by atoms with Gasteiger partial charge in [0.1, 0.15) is 5.75 Å². The molecule has 0 aliphatic rings. The number of halogens is 1. The number of methoxy groups -OCH3 is 1. The van der Waals surface area contributed by atoms with Crippen LogP contribution in [0.5, 0.6) is 5.75 Å². The van der Waals surface area contributed by atoms with Gasteiger partial charge >= 0.3 is 5.97 Å². The summed E-state index contributed by atoms with van der Waals surface area (Å²) < 4.78 is 11.5. The molecule has 0 saturated heterocycles. The molecule has 128 valence electrons. The van der Waals surface area contributed by atoms with E-state index in [1.807, 2.05) is 50.2 Å². The SMILES string of the molecule is COC(=O)c1cc(C)cc(Br)c1NCCCOc1ccccc1C. The Morgan fingerprint density at radius 2 is 1.96 bits per heavy atom. The van der Waals surface area contributed by atoms with Gasteiger partial charge in [0, 0.05) is 11.0 Å². The summed E-state index contributed by atoms with van der Waals surface area (Å²) in [5.41, 5.74) is 3.41. The van der Waals surface area contributed by atoms with Crippen molar-refractivity contribution in [1.29, 1.82) is 0 Å². The number of rotatable bonds is 7. The first kappa shape index (κ1) is 18.3. The maximum Gasteiger partial charge on any atom is 0.340 e. The van der Waals surface area contributed by atoms with Crippen LogP contribution in [0.4, 0.5) is 5.69 Å². The fourth-order valence-corrected chi connectivity index (χ4v) is 3.09. The second kappa shape index (κ2) is 8.73. The first-order chi connectivity index (χ1) is 11.5. The number of carbonyl (C=O) groups excluding carboxylic acids is 1. The summed E-state index contributed by atoms with van der Waals surface area (Å²) in [5.74, 6) is 0.558. The van der Waals surface area contributed by atoms with E-state index < -0.39 is 0 Å². The van der Waals surface area contributed by atoms with Crippen molar-refractivity contribution < 1.29 is 14.3 Å². The molecule has 0 amide bonds. The second-order valence-electron chi connectivity index (χ2n) is 5.56. The van der Waals surface area contributed by atoms with Crippen molar-refractivity contribution in [1.82, 2.24) is 0 Å². The Hall–Kier alpha value is -2.01. The van der Waals surface area contributed by atoms with Gasteiger partial charge in [-0.05, 0) is 65.5 Å². The zero-order valence-electron chi connectivity index (χ0n) is 14.2. The van der Waals surface area contributed by atoms with Crippen molar-refractivity contribution in [3.05, 3.63) is 57.6 Å². The highest BCUT2D eigenvalue weighted by Gasteiger charge is 2.15. The highest BCUT2D eigenvalue weighted by Crippen LogP contribution is 2.29. The van der Waals surface area contributed by atoms with E-state index in [1.165, 1.54) is 7.11 Å². The van der Waals surface area contributed by atoms with Crippen LogP contribution >= 0.6 is 15.9 Å². The predicted molar refractivity (Wildman–Crippen MR) is 100.0 cm³/mol. The third-order valence-corrected chi connectivity index (χ3v) is 4.24. The van der Waals surface area contributed by atoms with Gasteiger partial charge in [-0.3, -0.25) is 0 Å². The number of benzene rings is 2. The molecule has 0 radical (unpaired) electrons. The molecule has 0 unspecified atom stereocenters. The maximum atomic E-state index is 11.9. The Bertz CT molecular complexity index is 716. The number of ether oxygens (including phenoxy) is 2. The van der Waals surface area contributed by atoms with Crippen molar-refractivity contribution >= 4 is 27.6 Å². The maximum absolute atomic E-state index is 11.9. The van der Waals surface area contributed by atoms with Crippen LogP contribution in [0.25, 0.3) is 0 Å². The number of carbonyl (C=O) groups is 1. The first-order valence-electron chi connectivity index (χ1n) is 7.83. The molecule has 24 heavy (non-hydrogen) atoms. The molecule has 2 aromatic carbocycles. The minimum atomic E-state index is -0.349. The average molecular weight is 392 g/mol. The van der Waals surface area contributed by atoms with E-state index in [2.05, 4.69) is 21.2 Å². The molecule has 4 nitrogen and oxygen atoms in total. The highest BCUT2D eigenvalue weighted by molar-refractivity contribution is 9.10. The van der Waals surface area contributed by atoms with Gasteiger partial charge in [-0.15, -0.1) is 0 Å². The van der Waals surface area contributed by atoms with E-state index in [9.17, 15) is 4.79 Å². The van der Waals surface area contributed by atoms with Crippen molar-refractivity contribution in [2.75, 3.05) is 25.6 Å². The number of aryl methyl sites for hydroxylation is 2. The Balaban J connectivity index is 1.92. The summed E-state index contributed by atoms with van der Waals surface area (Å²) in [6.45, 7) is 5.27. The van der Waals surface area contributed by atoms with Crippen LogP contribution in [-0.2, 0) is 4.74 Å². The molecule has 0 bridgehead atoms. The number of anilines is 1. The van der Waals surface area contributed by atoms with Gasteiger partial charge in [0.15, 0.2) is 0 Å². The topological polar surface area (TPSA) is 47.6 Å². The minimum Gasteiger partial charge on any atom is -0.493 e. The van der Waals surface area contributed by atoms with Crippen molar-refractivity contribution in [2.45, 2.75) is 20.3 Å². The largest absolute Gasteiger partial charge is 0.493 e. The molecule has 0 aliphatic heterocycles. The molecule has 0 saturated carbocycles. The monoisotopic (exact) mass is 391 g/mol. The molecular formula is C19H22BrNO3. The third kappa shape index (κ3) is 4.74. The van der Waals surface area contributed by atoms with Crippen LogP contribution in [0.15, 0.2) is 40.9 Å². The number of para-hydroxylation sites is 1. The second-order valence-corrected chi connectivity index (χ2v) is 6.41. The number of hydrogen-bond donors (Lipinski definition) is 1. The molecule has 2 rings (SSSR count). The first-order valence-corrected chi connectivity index (χ1v) is 8.63. The lowest BCUT2D eigenvalue weighted by atomic mass is 10.1. The third-order valence-electron chi connectivity index (χ3n) is 3.61. The van der Waals surface area contributed by atoms with E-state index in [4.69, 9.17) is 9.47 Å². The molecule has 0 aromatic heterocycles. The van der Waals surface area contributed by atoms with E-state index in [0.717, 1.165) is 33.5 Å². The minimum absolute atomic E-state index is 0.349. The standard InChI is InChI=1S/C19H22BrNO3/c1-13-11-15(19(22)23-3)18(16(20)12-13)21-9-6-10-24-17-8-5-4-7-14(17)2/h4-5,7-8,11-12,21H,6,9-10H2,1-3H3. The van der Waals surface area contributed by atoms with Crippen LogP contribution in [0.2, 0.25) is 0 Å². The molecule has 0 atom stereocenters. The lowest BCUT2D eigenvalue weighted by molar-refractivity contribution is 0.0601. The quantitative estimate of drug-likeness (QED) is 0.547. The van der Waals surface area contributed by atoms with Crippen molar-refractivity contribution in [3.63, 3.8) is 0 Å². The molecular weight excluding hydrogens is 370 g/mol. The van der Waals surface area contributed by atoms with Crippen LogP contribution < -0.4 is 10.1 Å². The predicted octanol–water partition coefficient (Wildman–Crippen LogP) is 4.73. The van der Waals surface area contributed by atoms with Gasteiger partial charge in [0.05, 0.1) is 25.0 Å². The molecule has 0 spiro atoms. The molecule has 2 aromatic rings. The zero-order valence-corrected chi connectivity index (χ0v) is 15.8. The Morgan fingerprint density at radius 1 is 1.21 bits per heavy atom. The zero-order chi connectivity index (χ0) is 17.5. The summed E-state index contributed by atoms with van der Waals surface area (Å²) in [4.78, 5) is 11.9. The van der Waals surface area contributed by atoms with E-state index >= 15 is 0 Å². The summed E-state index contributed by atoms with van der Waals surface area (Å²) >= 11 is 3.51. The highest BCUT2D eigenvalue weighted by atomic mass is 79.9. The smallest absolute Gasteiger partial charge is 0.340 e. The van der Waals surface area contributed by atoms with Gasteiger partial charge in [0.25, 0.3) is 0 Å². The van der Waals surface area contributed by atoms with Gasteiger partial charge in [-0.25, -0.2) is 4.79 Å². The van der Waals surface area contributed by atoms with E-state index in [0.29, 0.717) is 18.7 Å². The van der Waals surface area contributed by atoms with Gasteiger partial charge in [-0.2, -0.15) is 0 Å². The Kier molecular flexibility index (Phi) is 6.67. The molecule has 0 aliphatic carbocycles. The van der Waals surface area contributed by atoms with Gasteiger partial charge in [-0.1, -0.05) is 18.2 Å².